The number of aromatic amines is 1. The van der Waals surface area contributed by atoms with Gasteiger partial charge in [-0.05, 0) is 66.4 Å². The summed E-state index contributed by atoms with van der Waals surface area (Å²) >= 11 is 0. The molecule has 6 rings (SSSR count). The maximum atomic E-state index is 14.2. The number of carbonyl (C=O) groups excluding carboxylic acids is 1. The van der Waals surface area contributed by atoms with Gasteiger partial charge in [-0.3, -0.25) is 4.79 Å². The number of carbonyl (C=O) groups is 1. The first-order valence-corrected chi connectivity index (χ1v) is 10.7. The maximum absolute atomic E-state index is 14.2. The Kier molecular flexibility index (Phi) is 4.39. The fourth-order valence-electron chi connectivity index (χ4n) is 4.11. The van der Waals surface area contributed by atoms with Gasteiger partial charge in [0.1, 0.15) is 24.1 Å². The molecule has 33 heavy (non-hydrogen) atoms. The van der Waals surface area contributed by atoms with E-state index >= 15 is 0 Å². The van der Waals surface area contributed by atoms with Crippen LogP contribution in [-0.4, -0.2) is 36.0 Å². The summed E-state index contributed by atoms with van der Waals surface area (Å²) in [5.74, 6) is 1.28. The summed E-state index contributed by atoms with van der Waals surface area (Å²) in [5.41, 5.74) is 6.21. The second kappa shape index (κ2) is 7.44. The lowest BCUT2D eigenvalue weighted by molar-refractivity contribution is 0.112. The van der Waals surface area contributed by atoms with E-state index in [2.05, 4.69) is 26.2 Å². The molecule has 3 heterocycles. The van der Waals surface area contributed by atoms with Crippen molar-refractivity contribution >= 4 is 17.3 Å². The van der Waals surface area contributed by atoms with Gasteiger partial charge in [-0.1, -0.05) is 6.07 Å². The van der Waals surface area contributed by atoms with E-state index in [0.717, 1.165) is 41.5 Å². The molecule has 8 heteroatoms. The van der Waals surface area contributed by atoms with Gasteiger partial charge in [0.25, 0.3) is 0 Å². The van der Waals surface area contributed by atoms with Gasteiger partial charge in [0.15, 0.2) is 11.6 Å². The fourth-order valence-corrected chi connectivity index (χ4v) is 4.11. The molecule has 2 aromatic carbocycles. The molecule has 1 saturated carbocycles. The second-order valence-electron chi connectivity index (χ2n) is 8.38. The van der Waals surface area contributed by atoms with Crippen LogP contribution in [0.3, 0.4) is 0 Å². The Hall–Kier alpha value is -4.20. The number of H-pyrrole nitrogens is 1. The monoisotopic (exact) mass is 438 g/mol. The lowest BCUT2D eigenvalue weighted by Gasteiger charge is -2.12. The Balaban J connectivity index is 1.54. The average Bonchev–Trinajstić information content (AvgIpc) is 3.46. The van der Waals surface area contributed by atoms with Gasteiger partial charge >= 0.3 is 0 Å². The first-order chi connectivity index (χ1) is 16.1. The molecule has 3 aromatic heterocycles. The minimum atomic E-state index is -0.336. The van der Waals surface area contributed by atoms with Crippen LogP contribution in [0.25, 0.3) is 45.1 Å². The molecule has 0 spiro atoms. The van der Waals surface area contributed by atoms with E-state index in [4.69, 9.17) is 4.98 Å². The van der Waals surface area contributed by atoms with Crippen molar-refractivity contribution in [2.24, 2.45) is 7.05 Å². The van der Waals surface area contributed by atoms with Crippen molar-refractivity contribution in [2.75, 3.05) is 0 Å². The number of aryl methyl sites for hydroxylation is 1. The van der Waals surface area contributed by atoms with Gasteiger partial charge in [0, 0.05) is 29.8 Å². The summed E-state index contributed by atoms with van der Waals surface area (Å²) in [6, 6.07) is 14.1. The highest BCUT2D eigenvalue weighted by molar-refractivity contribution is 5.87. The molecule has 0 saturated heterocycles. The van der Waals surface area contributed by atoms with Crippen LogP contribution in [0.1, 0.15) is 34.8 Å². The lowest BCUT2D eigenvalue weighted by atomic mass is 9.97. The third-order valence-corrected chi connectivity index (χ3v) is 5.97. The largest absolute Gasteiger partial charge is 0.337 e. The first kappa shape index (κ1) is 19.5. The lowest BCUT2D eigenvalue weighted by Crippen LogP contribution is -1.98. The van der Waals surface area contributed by atoms with E-state index in [0.29, 0.717) is 39.9 Å². The van der Waals surface area contributed by atoms with Crippen LogP contribution in [0, 0.1) is 5.82 Å². The Labute approximate surface area is 188 Å². The summed E-state index contributed by atoms with van der Waals surface area (Å²) < 4.78 is 16.0. The summed E-state index contributed by atoms with van der Waals surface area (Å²) in [6.07, 6.45) is 4.59. The zero-order chi connectivity index (χ0) is 22.5. The Morgan fingerprint density at radius 2 is 1.94 bits per heavy atom. The van der Waals surface area contributed by atoms with Gasteiger partial charge in [-0.2, -0.15) is 0 Å². The minimum Gasteiger partial charge on any atom is -0.337 e. The number of imidazole rings is 1. The number of nitrogens with one attached hydrogen (secondary N) is 1. The van der Waals surface area contributed by atoms with E-state index in [1.807, 2.05) is 19.2 Å². The molecule has 0 unspecified atom stereocenters. The molecule has 5 aromatic rings. The molecule has 0 amide bonds. The molecule has 0 aliphatic heterocycles. The van der Waals surface area contributed by atoms with E-state index in [9.17, 15) is 9.18 Å². The van der Waals surface area contributed by atoms with Gasteiger partial charge < -0.3 is 9.55 Å². The van der Waals surface area contributed by atoms with Crippen molar-refractivity contribution in [1.29, 1.82) is 0 Å². The molecular weight excluding hydrogens is 419 g/mol. The Morgan fingerprint density at radius 3 is 2.70 bits per heavy atom. The zero-order valence-corrected chi connectivity index (χ0v) is 17.8. The van der Waals surface area contributed by atoms with Crippen molar-refractivity contribution in [3.63, 3.8) is 0 Å². The number of aromatic nitrogens is 6. The SMILES string of the molecule is Cn1cnnc1-c1cc(F)ccc1-c1cc(-c2nc3cc(C=O)ccc3[nH]2)nc(C2CC2)c1. The highest BCUT2D eigenvalue weighted by Gasteiger charge is 2.27. The number of hydrogen-bond acceptors (Lipinski definition) is 5. The second-order valence-corrected chi connectivity index (χ2v) is 8.38. The Bertz CT molecular complexity index is 1530. The van der Waals surface area contributed by atoms with Crippen LogP contribution < -0.4 is 0 Å². The van der Waals surface area contributed by atoms with Crippen molar-refractivity contribution in [2.45, 2.75) is 18.8 Å². The smallest absolute Gasteiger partial charge is 0.164 e. The van der Waals surface area contributed by atoms with Crippen molar-refractivity contribution < 1.29 is 9.18 Å². The number of pyridine rings is 1. The zero-order valence-electron chi connectivity index (χ0n) is 17.8. The number of benzene rings is 2. The Morgan fingerprint density at radius 1 is 1.06 bits per heavy atom. The van der Waals surface area contributed by atoms with Crippen LogP contribution in [-0.2, 0) is 7.05 Å². The molecular formula is C25H19FN6O. The maximum Gasteiger partial charge on any atom is 0.164 e. The molecule has 1 aliphatic rings. The number of nitrogens with zero attached hydrogens (tertiary/aromatic N) is 5. The van der Waals surface area contributed by atoms with Crippen LogP contribution >= 0.6 is 0 Å². The molecule has 0 radical (unpaired) electrons. The highest BCUT2D eigenvalue weighted by atomic mass is 19.1. The summed E-state index contributed by atoms with van der Waals surface area (Å²) in [6.45, 7) is 0. The summed E-state index contributed by atoms with van der Waals surface area (Å²) in [7, 11) is 1.83. The van der Waals surface area contributed by atoms with Crippen LogP contribution in [0.15, 0.2) is 54.9 Å². The van der Waals surface area contributed by atoms with E-state index < -0.39 is 0 Å². The quantitative estimate of drug-likeness (QED) is 0.394. The summed E-state index contributed by atoms with van der Waals surface area (Å²) in [4.78, 5) is 24.0. The topological polar surface area (TPSA) is 89.4 Å². The molecule has 1 fully saturated rings. The number of fused-ring (bicyclic) bond motifs is 1. The molecule has 7 nitrogen and oxygen atoms in total. The fraction of sp³-hybridized carbons (Fsp3) is 0.160. The number of halogens is 1. The summed E-state index contributed by atoms with van der Waals surface area (Å²) in [5, 5.41) is 8.15. The highest BCUT2D eigenvalue weighted by Crippen LogP contribution is 2.42. The molecule has 1 N–H and O–H groups in total. The van der Waals surface area contributed by atoms with Crippen molar-refractivity contribution in [3.8, 4) is 34.0 Å². The van der Waals surface area contributed by atoms with Crippen molar-refractivity contribution in [3.05, 3.63) is 71.9 Å². The minimum absolute atomic E-state index is 0.336. The van der Waals surface area contributed by atoms with E-state index in [1.165, 1.54) is 12.1 Å². The van der Waals surface area contributed by atoms with Gasteiger partial charge in [0.2, 0.25) is 0 Å². The van der Waals surface area contributed by atoms with Crippen LogP contribution in [0.2, 0.25) is 0 Å². The van der Waals surface area contributed by atoms with Crippen LogP contribution in [0.5, 0.6) is 0 Å². The molecule has 0 atom stereocenters. The third-order valence-electron chi connectivity index (χ3n) is 5.97. The van der Waals surface area contributed by atoms with E-state index in [1.54, 1.807) is 29.1 Å². The first-order valence-electron chi connectivity index (χ1n) is 10.7. The van der Waals surface area contributed by atoms with E-state index in [-0.39, 0.29) is 5.82 Å². The van der Waals surface area contributed by atoms with Gasteiger partial charge in [0.05, 0.1) is 11.0 Å². The van der Waals surface area contributed by atoms with Gasteiger partial charge in [-0.25, -0.2) is 14.4 Å². The average molecular weight is 438 g/mol. The molecule has 1 aliphatic carbocycles. The predicted molar refractivity (Wildman–Crippen MR) is 122 cm³/mol. The normalized spacial score (nSPS) is 13.5. The number of rotatable bonds is 5. The third kappa shape index (κ3) is 3.49. The van der Waals surface area contributed by atoms with Crippen LogP contribution in [0.4, 0.5) is 4.39 Å². The molecule has 0 bridgehead atoms. The number of hydrogen-bond donors (Lipinski definition) is 1. The van der Waals surface area contributed by atoms with Crippen molar-refractivity contribution in [1.82, 2.24) is 29.7 Å². The molecule has 162 valence electrons. The number of aldehydes is 1. The van der Waals surface area contributed by atoms with Gasteiger partial charge in [-0.15, -0.1) is 10.2 Å². The standard InChI is InChI=1S/C25H19FN6O/c1-32-13-27-31-25(32)19-11-17(26)5-6-18(19)16-9-21(15-3-4-15)28-23(10-16)24-29-20-7-2-14(12-33)8-22(20)30-24/h2,5-13,15H,3-4H2,1H3,(H,29,30). The predicted octanol–water partition coefficient (Wildman–Crippen LogP) is 4.92.